The van der Waals surface area contributed by atoms with Crippen LogP contribution in [0.15, 0.2) is 53.5 Å². The number of piperidine rings is 1. The molecule has 0 radical (unpaired) electrons. The van der Waals surface area contributed by atoms with Gasteiger partial charge in [-0.25, -0.2) is 8.78 Å². The first kappa shape index (κ1) is 22.5. The molecule has 2 aromatic rings. The fourth-order valence-electron chi connectivity index (χ4n) is 3.32. The van der Waals surface area contributed by atoms with Gasteiger partial charge < -0.3 is 10.6 Å². The fourth-order valence-corrected chi connectivity index (χ4v) is 3.32. The van der Waals surface area contributed by atoms with Crippen molar-refractivity contribution in [2.24, 2.45) is 4.99 Å². The largest absolute Gasteiger partial charge is 0.354 e. The van der Waals surface area contributed by atoms with Gasteiger partial charge in [-0.3, -0.25) is 9.89 Å². The molecule has 152 valence electrons. The van der Waals surface area contributed by atoms with Crippen LogP contribution in [-0.2, 0) is 13.1 Å². The maximum atomic E-state index is 13.7. The van der Waals surface area contributed by atoms with E-state index in [9.17, 15) is 8.78 Å². The van der Waals surface area contributed by atoms with E-state index in [1.54, 1.807) is 7.05 Å². The Kier molecular flexibility index (Phi) is 9.11. The lowest BCUT2D eigenvalue weighted by Gasteiger charge is -2.33. The highest BCUT2D eigenvalue weighted by Crippen LogP contribution is 2.14. The molecule has 1 heterocycles. The highest BCUT2D eigenvalue weighted by atomic mass is 127. The summed E-state index contributed by atoms with van der Waals surface area (Å²) in [7, 11) is 1.68. The second kappa shape index (κ2) is 11.3. The molecule has 0 saturated carbocycles. The van der Waals surface area contributed by atoms with E-state index in [1.807, 2.05) is 6.07 Å². The molecule has 0 amide bonds. The van der Waals surface area contributed by atoms with Crippen molar-refractivity contribution in [3.8, 4) is 0 Å². The molecule has 4 nitrogen and oxygen atoms in total. The predicted octanol–water partition coefficient (Wildman–Crippen LogP) is 3.91. The van der Waals surface area contributed by atoms with Gasteiger partial charge in [0.1, 0.15) is 11.6 Å². The summed E-state index contributed by atoms with van der Waals surface area (Å²) in [5, 5.41) is 6.46. The van der Waals surface area contributed by atoms with E-state index in [1.165, 1.54) is 11.6 Å². The summed E-state index contributed by atoms with van der Waals surface area (Å²) in [5.41, 5.74) is 1.62. The van der Waals surface area contributed by atoms with Crippen LogP contribution in [0.5, 0.6) is 0 Å². The van der Waals surface area contributed by atoms with Crippen molar-refractivity contribution in [2.75, 3.05) is 20.1 Å². The summed E-state index contributed by atoms with van der Waals surface area (Å²) < 4.78 is 27.0. The number of hydrogen-bond acceptors (Lipinski definition) is 2. The first-order valence-corrected chi connectivity index (χ1v) is 9.31. The van der Waals surface area contributed by atoms with Gasteiger partial charge in [0.25, 0.3) is 0 Å². The molecule has 1 aliphatic rings. The normalized spacial score (nSPS) is 15.8. The van der Waals surface area contributed by atoms with Crippen LogP contribution in [0.25, 0.3) is 0 Å². The molecular formula is C21H27F2IN4. The van der Waals surface area contributed by atoms with Gasteiger partial charge in [0.15, 0.2) is 5.96 Å². The Morgan fingerprint density at radius 2 is 1.82 bits per heavy atom. The zero-order chi connectivity index (χ0) is 19.1. The van der Waals surface area contributed by atoms with E-state index in [0.717, 1.165) is 44.6 Å². The summed E-state index contributed by atoms with van der Waals surface area (Å²) in [4.78, 5) is 6.65. The average Bonchev–Trinajstić information content (AvgIpc) is 2.69. The van der Waals surface area contributed by atoms with Crippen LogP contribution in [0.2, 0.25) is 0 Å². The van der Waals surface area contributed by atoms with E-state index >= 15 is 0 Å². The van der Waals surface area contributed by atoms with Crippen LogP contribution in [0, 0.1) is 11.6 Å². The molecule has 0 atom stereocenters. The van der Waals surface area contributed by atoms with E-state index in [-0.39, 0.29) is 36.1 Å². The molecule has 1 saturated heterocycles. The highest BCUT2D eigenvalue weighted by Gasteiger charge is 2.20. The van der Waals surface area contributed by atoms with Gasteiger partial charge in [-0.1, -0.05) is 30.3 Å². The first-order chi connectivity index (χ1) is 13.1. The van der Waals surface area contributed by atoms with Crippen molar-refractivity contribution in [2.45, 2.75) is 32.0 Å². The molecule has 0 aromatic heterocycles. The summed E-state index contributed by atoms with van der Waals surface area (Å²) in [6, 6.07) is 14.3. The maximum Gasteiger partial charge on any atom is 0.191 e. The molecule has 0 aliphatic carbocycles. The number of guanidine groups is 1. The van der Waals surface area contributed by atoms with Gasteiger partial charge in [-0.2, -0.15) is 0 Å². The Balaban J connectivity index is 0.00000280. The minimum atomic E-state index is -0.443. The Morgan fingerprint density at radius 3 is 2.50 bits per heavy atom. The van der Waals surface area contributed by atoms with E-state index in [2.05, 4.69) is 44.8 Å². The number of likely N-dealkylation sites (tertiary alicyclic amines) is 1. The Bertz CT molecular complexity index is 762. The number of aliphatic imine (C=N–C) groups is 1. The Morgan fingerprint density at radius 1 is 1.11 bits per heavy atom. The number of nitrogens with zero attached hydrogens (tertiary/aromatic N) is 2. The van der Waals surface area contributed by atoms with Gasteiger partial charge in [0.2, 0.25) is 0 Å². The van der Waals surface area contributed by atoms with Crippen molar-refractivity contribution in [1.82, 2.24) is 15.5 Å². The topological polar surface area (TPSA) is 39.7 Å². The molecule has 0 bridgehead atoms. The molecule has 0 spiro atoms. The molecule has 3 rings (SSSR count). The summed E-state index contributed by atoms with van der Waals surface area (Å²) in [6.45, 7) is 3.19. The van der Waals surface area contributed by atoms with E-state index in [4.69, 9.17) is 0 Å². The maximum absolute atomic E-state index is 13.7. The first-order valence-electron chi connectivity index (χ1n) is 9.31. The van der Waals surface area contributed by atoms with Crippen LogP contribution in [0.3, 0.4) is 0 Å². The molecule has 1 aliphatic heterocycles. The van der Waals surface area contributed by atoms with E-state index in [0.29, 0.717) is 12.0 Å². The van der Waals surface area contributed by atoms with Crippen LogP contribution >= 0.6 is 24.0 Å². The second-order valence-corrected chi connectivity index (χ2v) is 6.84. The second-order valence-electron chi connectivity index (χ2n) is 6.84. The van der Waals surface area contributed by atoms with Gasteiger partial charge in [-0.15, -0.1) is 24.0 Å². The highest BCUT2D eigenvalue weighted by molar-refractivity contribution is 14.0. The number of nitrogens with one attached hydrogen (secondary N) is 2. The minimum Gasteiger partial charge on any atom is -0.354 e. The van der Waals surface area contributed by atoms with E-state index < -0.39 is 11.6 Å². The molecule has 1 fully saturated rings. The standard InChI is InChI=1S/C21H26F2N4.HI/c1-24-21(25-14-17-13-18(22)7-8-20(17)23)26-19-9-11-27(12-10-19)15-16-5-3-2-4-6-16;/h2-8,13,19H,9-12,14-15H2,1H3,(H2,24,25,26);1H. The van der Waals surface area contributed by atoms with Crippen molar-refractivity contribution in [3.63, 3.8) is 0 Å². The molecule has 2 N–H and O–H groups in total. The molecule has 0 unspecified atom stereocenters. The van der Waals surface area contributed by atoms with Gasteiger partial charge >= 0.3 is 0 Å². The fraction of sp³-hybridized carbons (Fsp3) is 0.381. The van der Waals surface area contributed by atoms with Crippen LogP contribution < -0.4 is 10.6 Å². The lowest BCUT2D eigenvalue weighted by atomic mass is 10.0. The van der Waals surface area contributed by atoms with Crippen molar-refractivity contribution in [3.05, 3.63) is 71.3 Å². The summed E-state index contributed by atoms with van der Waals surface area (Å²) in [5.74, 6) is -0.254. The smallest absolute Gasteiger partial charge is 0.191 e. The SMILES string of the molecule is CN=C(NCc1cc(F)ccc1F)NC1CCN(Cc2ccccc2)CC1.I. The van der Waals surface area contributed by atoms with Crippen molar-refractivity contribution < 1.29 is 8.78 Å². The van der Waals surface area contributed by atoms with Crippen molar-refractivity contribution >= 4 is 29.9 Å². The van der Waals surface area contributed by atoms with Crippen molar-refractivity contribution in [1.29, 1.82) is 0 Å². The summed E-state index contributed by atoms with van der Waals surface area (Å²) >= 11 is 0. The van der Waals surface area contributed by atoms with Gasteiger partial charge in [-0.05, 0) is 36.6 Å². The van der Waals surface area contributed by atoms with Crippen LogP contribution in [0.4, 0.5) is 8.78 Å². The van der Waals surface area contributed by atoms with Crippen LogP contribution in [-0.4, -0.2) is 37.0 Å². The monoisotopic (exact) mass is 500 g/mol. The molecule has 7 heteroatoms. The number of hydrogen-bond donors (Lipinski definition) is 2. The predicted molar refractivity (Wildman–Crippen MR) is 120 cm³/mol. The lowest BCUT2D eigenvalue weighted by Crippen LogP contribution is -2.48. The zero-order valence-corrected chi connectivity index (χ0v) is 18.3. The van der Waals surface area contributed by atoms with Crippen LogP contribution in [0.1, 0.15) is 24.0 Å². The number of rotatable bonds is 5. The summed E-state index contributed by atoms with van der Waals surface area (Å²) in [6.07, 6.45) is 2.03. The third-order valence-electron chi connectivity index (χ3n) is 4.86. The Labute approximate surface area is 182 Å². The molecule has 28 heavy (non-hydrogen) atoms. The van der Waals surface area contributed by atoms with Gasteiger partial charge in [0, 0.05) is 44.8 Å². The minimum absolute atomic E-state index is 0. The average molecular weight is 500 g/mol. The third-order valence-corrected chi connectivity index (χ3v) is 4.86. The van der Waals surface area contributed by atoms with Gasteiger partial charge in [0.05, 0.1) is 0 Å². The lowest BCUT2D eigenvalue weighted by molar-refractivity contribution is 0.198. The Hall–Kier alpha value is -1.74. The number of halogens is 3. The third kappa shape index (κ3) is 6.70. The quantitative estimate of drug-likeness (QED) is 0.372. The zero-order valence-electron chi connectivity index (χ0n) is 16.0. The number of benzene rings is 2. The molecule has 2 aromatic carbocycles. The molecular weight excluding hydrogens is 473 g/mol.